The maximum absolute atomic E-state index is 11.5. The molecule has 2 heteroatoms. The molecule has 1 nitrogen and oxygen atoms in total. The van der Waals surface area contributed by atoms with Crippen LogP contribution in [0.3, 0.4) is 0 Å². The zero-order valence-electron chi connectivity index (χ0n) is 10.3. The average molecular weight is 259 g/mol. The molecule has 0 N–H and O–H groups in total. The zero-order valence-corrected chi connectivity index (χ0v) is 11.0. The van der Waals surface area contributed by atoms with Crippen molar-refractivity contribution in [3.63, 3.8) is 0 Å². The molecule has 1 unspecified atom stereocenters. The fourth-order valence-corrected chi connectivity index (χ4v) is 2.27. The molecule has 92 valence electrons. The van der Waals surface area contributed by atoms with Crippen LogP contribution in [0, 0.1) is 0 Å². The van der Waals surface area contributed by atoms with Crippen LogP contribution in [0.5, 0.6) is 0 Å². The molecule has 2 rings (SSSR count). The molecule has 1 atom stereocenters. The van der Waals surface area contributed by atoms with Gasteiger partial charge in [-0.3, -0.25) is 0 Å². The molecule has 18 heavy (non-hydrogen) atoms. The summed E-state index contributed by atoms with van der Waals surface area (Å²) in [5.74, 6) is 0. The lowest BCUT2D eigenvalue weighted by molar-refractivity contribution is -0.112. The van der Waals surface area contributed by atoms with E-state index in [0.717, 1.165) is 17.4 Å². The van der Waals surface area contributed by atoms with E-state index >= 15 is 0 Å². The van der Waals surface area contributed by atoms with Crippen LogP contribution < -0.4 is 0 Å². The van der Waals surface area contributed by atoms with Crippen molar-refractivity contribution in [2.24, 2.45) is 0 Å². The highest BCUT2D eigenvalue weighted by Crippen LogP contribution is 2.28. The topological polar surface area (TPSA) is 17.1 Å². The quantitative estimate of drug-likeness (QED) is 0.757. The number of halogens is 1. The molecule has 0 aromatic heterocycles. The number of carbonyl (C=O) groups is 1. The number of rotatable bonds is 4. The third-order valence-electron chi connectivity index (χ3n) is 3.16. The first-order chi connectivity index (χ1) is 8.64. The van der Waals surface area contributed by atoms with Crippen molar-refractivity contribution >= 4 is 17.9 Å². The van der Waals surface area contributed by atoms with Gasteiger partial charge in [-0.05, 0) is 36.6 Å². The largest absolute Gasteiger partial charge is 0.302 e. The fourth-order valence-electron chi connectivity index (χ4n) is 2.08. The van der Waals surface area contributed by atoms with Gasteiger partial charge in [0.15, 0.2) is 0 Å². The molecule has 0 saturated heterocycles. The summed E-state index contributed by atoms with van der Waals surface area (Å²) in [7, 11) is 0. The zero-order chi connectivity index (χ0) is 13.0. The van der Waals surface area contributed by atoms with Gasteiger partial charge in [0.2, 0.25) is 0 Å². The predicted octanol–water partition coefficient (Wildman–Crippen LogP) is 4.04. The van der Waals surface area contributed by atoms with Gasteiger partial charge >= 0.3 is 0 Å². The van der Waals surface area contributed by atoms with Crippen LogP contribution in [-0.2, 0) is 16.6 Å². The molecule has 0 fully saturated rings. The third-order valence-corrected chi connectivity index (χ3v) is 3.39. The number of carbonyl (C=O) groups excluding carboxylic acids is 1. The minimum atomic E-state index is -0.535. The highest BCUT2D eigenvalue weighted by molar-refractivity contribution is 6.30. The Morgan fingerprint density at radius 1 is 1.11 bits per heavy atom. The van der Waals surface area contributed by atoms with Gasteiger partial charge in [0.1, 0.15) is 6.29 Å². The van der Waals surface area contributed by atoms with E-state index < -0.39 is 5.41 Å². The lowest BCUT2D eigenvalue weighted by atomic mass is 9.79. The monoisotopic (exact) mass is 258 g/mol. The van der Waals surface area contributed by atoms with E-state index in [4.69, 9.17) is 11.6 Å². The molecule has 0 spiro atoms. The lowest BCUT2D eigenvalue weighted by Crippen LogP contribution is -2.26. The van der Waals surface area contributed by atoms with Gasteiger partial charge in [-0.2, -0.15) is 0 Å². The van der Waals surface area contributed by atoms with Crippen molar-refractivity contribution in [1.29, 1.82) is 0 Å². The Balaban J connectivity index is 2.34. The molecule has 0 saturated carbocycles. The first-order valence-corrected chi connectivity index (χ1v) is 6.28. The highest BCUT2D eigenvalue weighted by atomic mass is 35.5. The van der Waals surface area contributed by atoms with Crippen molar-refractivity contribution < 1.29 is 4.79 Å². The summed E-state index contributed by atoms with van der Waals surface area (Å²) in [6.07, 6.45) is 1.68. The van der Waals surface area contributed by atoms with E-state index in [-0.39, 0.29) is 0 Å². The average Bonchev–Trinajstić information content (AvgIpc) is 2.40. The summed E-state index contributed by atoms with van der Waals surface area (Å²) in [5, 5.41) is 0.661. The van der Waals surface area contributed by atoms with Gasteiger partial charge in [0.05, 0.1) is 5.41 Å². The molecule has 0 aliphatic heterocycles. The van der Waals surface area contributed by atoms with E-state index in [1.165, 1.54) is 0 Å². The van der Waals surface area contributed by atoms with Crippen molar-refractivity contribution in [3.8, 4) is 0 Å². The van der Waals surface area contributed by atoms with Crippen molar-refractivity contribution in [3.05, 3.63) is 70.7 Å². The molecule has 0 bridgehead atoms. The molecule has 0 aliphatic carbocycles. The van der Waals surface area contributed by atoms with Gasteiger partial charge in [-0.25, -0.2) is 0 Å². The lowest BCUT2D eigenvalue weighted by Gasteiger charge is -2.24. The molecule has 2 aromatic rings. The van der Waals surface area contributed by atoms with Crippen molar-refractivity contribution in [2.45, 2.75) is 18.8 Å². The second-order valence-electron chi connectivity index (χ2n) is 4.71. The van der Waals surface area contributed by atoms with E-state index in [1.54, 1.807) is 0 Å². The minimum Gasteiger partial charge on any atom is -0.302 e. The van der Waals surface area contributed by atoms with E-state index in [1.807, 2.05) is 61.5 Å². The van der Waals surface area contributed by atoms with Crippen molar-refractivity contribution in [2.75, 3.05) is 0 Å². The Morgan fingerprint density at radius 2 is 1.83 bits per heavy atom. The standard InChI is InChI=1S/C16H15ClO/c1-16(12-18,11-13-6-3-2-4-7-13)14-8-5-9-15(17)10-14/h2-10,12H,11H2,1H3. The van der Waals surface area contributed by atoms with Crippen LogP contribution in [0.25, 0.3) is 0 Å². The maximum Gasteiger partial charge on any atom is 0.130 e. The summed E-state index contributed by atoms with van der Waals surface area (Å²) in [6.45, 7) is 1.94. The number of hydrogen-bond donors (Lipinski definition) is 0. The van der Waals surface area contributed by atoms with E-state index in [0.29, 0.717) is 11.4 Å². The number of aldehydes is 1. The van der Waals surface area contributed by atoms with E-state index in [2.05, 4.69) is 0 Å². The van der Waals surface area contributed by atoms with Crippen LogP contribution >= 0.6 is 11.6 Å². The molecule has 0 heterocycles. The SMILES string of the molecule is CC(C=O)(Cc1ccccc1)c1cccc(Cl)c1. The Hall–Kier alpha value is -1.60. The molecule has 2 aromatic carbocycles. The smallest absolute Gasteiger partial charge is 0.130 e. The Bertz CT molecular complexity index is 536. The van der Waals surface area contributed by atoms with Crippen molar-refractivity contribution in [1.82, 2.24) is 0 Å². The maximum atomic E-state index is 11.5. The Kier molecular flexibility index (Phi) is 3.83. The fraction of sp³-hybridized carbons (Fsp3) is 0.188. The van der Waals surface area contributed by atoms with Crippen LogP contribution in [0.15, 0.2) is 54.6 Å². The summed E-state index contributed by atoms with van der Waals surface area (Å²) in [4.78, 5) is 11.5. The van der Waals surface area contributed by atoms with Gasteiger partial charge in [0.25, 0.3) is 0 Å². The number of benzene rings is 2. The third kappa shape index (κ3) is 2.80. The van der Waals surface area contributed by atoms with E-state index in [9.17, 15) is 4.79 Å². The molecular formula is C16H15ClO. The highest BCUT2D eigenvalue weighted by Gasteiger charge is 2.26. The normalized spacial score (nSPS) is 13.9. The summed E-state index contributed by atoms with van der Waals surface area (Å²) >= 11 is 5.99. The predicted molar refractivity (Wildman–Crippen MR) is 75.0 cm³/mol. The summed E-state index contributed by atoms with van der Waals surface area (Å²) in [6, 6.07) is 17.5. The molecular weight excluding hydrogens is 244 g/mol. The summed E-state index contributed by atoms with van der Waals surface area (Å²) < 4.78 is 0. The number of hydrogen-bond acceptors (Lipinski definition) is 1. The second-order valence-corrected chi connectivity index (χ2v) is 5.14. The van der Waals surface area contributed by atoms with Gasteiger partial charge in [-0.1, -0.05) is 54.1 Å². The van der Waals surface area contributed by atoms with Crippen LogP contribution in [0.1, 0.15) is 18.1 Å². The minimum absolute atomic E-state index is 0.535. The second kappa shape index (κ2) is 5.36. The van der Waals surface area contributed by atoms with Gasteiger partial charge in [-0.15, -0.1) is 0 Å². The van der Waals surface area contributed by atoms with Gasteiger partial charge < -0.3 is 4.79 Å². The summed E-state index contributed by atoms with van der Waals surface area (Å²) in [5.41, 5.74) is 1.56. The first kappa shape index (κ1) is 12.8. The van der Waals surface area contributed by atoms with Crippen LogP contribution in [0.4, 0.5) is 0 Å². The molecule has 0 amide bonds. The van der Waals surface area contributed by atoms with Crippen LogP contribution in [0.2, 0.25) is 5.02 Å². The molecule has 0 radical (unpaired) electrons. The molecule has 0 aliphatic rings. The Labute approximate surface area is 112 Å². The van der Waals surface area contributed by atoms with Crippen LogP contribution in [-0.4, -0.2) is 6.29 Å². The Morgan fingerprint density at radius 3 is 2.44 bits per heavy atom. The first-order valence-electron chi connectivity index (χ1n) is 5.90. The van der Waals surface area contributed by atoms with Gasteiger partial charge in [0, 0.05) is 5.02 Å².